The largest absolute Gasteiger partial charge is 0.481 e. The van der Waals surface area contributed by atoms with Crippen molar-refractivity contribution in [2.45, 2.75) is 57.0 Å². The summed E-state index contributed by atoms with van der Waals surface area (Å²) in [5.74, 6) is -1.34. The molecule has 0 saturated carbocycles. The number of aliphatic carboxylic acids is 1. The minimum Gasteiger partial charge on any atom is -0.481 e. The predicted molar refractivity (Wildman–Crippen MR) is 133 cm³/mol. The fraction of sp³-hybridized carbons (Fsp3) is 0.393. The van der Waals surface area contributed by atoms with Crippen molar-refractivity contribution in [3.8, 4) is 11.1 Å². The minimum absolute atomic E-state index is 0.0101. The fourth-order valence-corrected chi connectivity index (χ4v) is 4.92. The van der Waals surface area contributed by atoms with Gasteiger partial charge in [-0.25, -0.2) is 4.79 Å². The number of benzene rings is 2. The molecule has 0 aromatic heterocycles. The topological polar surface area (TPSA) is 105 Å². The van der Waals surface area contributed by atoms with Crippen molar-refractivity contribution in [3.63, 3.8) is 0 Å². The van der Waals surface area contributed by atoms with E-state index in [9.17, 15) is 14.4 Å². The zero-order valence-corrected chi connectivity index (χ0v) is 20.1. The maximum absolute atomic E-state index is 12.8. The van der Waals surface area contributed by atoms with Crippen LogP contribution in [0.3, 0.4) is 0 Å². The third-order valence-corrected chi connectivity index (χ3v) is 6.77. The molecule has 0 spiro atoms. The van der Waals surface area contributed by atoms with Gasteiger partial charge in [-0.1, -0.05) is 60.7 Å². The Morgan fingerprint density at radius 2 is 1.66 bits per heavy atom. The maximum Gasteiger partial charge on any atom is 0.407 e. The van der Waals surface area contributed by atoms with E-state index in [4.69, 9.17) is 9.84 Å². The van der Waals surface area contributed by atoms with Gasteiger partial charge >= 0.3 is 12.1 Å². The Balaban J connectivity index is 1.31. The summed E-state index contributed by atoms with van der Waals surface area (Å²) in [6.07, 6.45) is 4.64. The highest BCUT2D eigenvalue weighted by Crippen LogP contribution is 2.44. The number of carbonyl (C=O) groups excluding carboxylic acids is 2. The monoisotopic (exact) mass is 476 g/mol. The van der Waals surface area contributed by atoms with E-state index in [-0.39, 0.29) is 36.8 Å². The normalized spacial score (nSPS) is 18.9. The lowest BCUT2D eigenvalue weighted by atomic mass is 9.88. The van der Waals surface area contributed by atoms with Gasteiger partial charge in [0.1, 0.15) is 6.61 Å². The summed E-state index contributed by atoms with van der Waals surface area (Å²) in [4.78, 5) is 36.3. The number of hydrogen-bond donors (Lipinski definition) is 3. The maximum atomic E-state index is 12.8. The number of hydrogen-bond acceptors (Lipinski definition) is 4. The average Bonchev–Trinajstić information content (AvgIpc) is 3.15. The van der Waals surface area contributed by atoms with Gasteiger partial charge in [-0.05, 0) is 55.4 Å². The van der Waals surface area contributed by atoms with Gasteiger partial charge in [0.2, 0.25) is 5.91 Å². The Labute approximate surface area is 205 Å². The van der Waals surface area contributed by atoms with Crippen LogP contribution in [0.1, 0.15) is 56.6 Å². The molecule has 0 fully saturated rings. The molecule has 184 valence electrons. The molecule has 0 radical (unpaired) electrons. The molecule has 0 saturated heterocycles. The summed E-state index contributed by atoms with van der Waals surface area (Å²) in [5.41, 5.74) is 4.04. The molecule has 2 aromatic carbocycles. The highest BCUT2D eigenvalue weighted by Gasteiger charge is 2.31. The minimum atomic E-state index is -0.889. The molecule has 7 heteroatoms. The molecule has 2 aliphatic carbocycles. The van der Waals surface area contributed by atoms with E-state index in [1.54, 1.807) is 0 Å². The van der Waals surface area contributed by atoms with Gasteiger partial charge in [-0.15, -0.1) is 0 Å². The third-order valence-electron chi connectivity index (χ3n) is 6.77. The number of fused-ring (bicyclic) bond motifs is 3. The summed E-state index contributed by atoms with van der Waals surface area (Å²) in [5, 5.41) is 14.7. The first-order valence-electron chi connectivity index (χ1n) is 12.1. The number of amides is 2. The SMILES string of the molecule is CC(C)(CCC(=O)O)NC(=O)[C@@H]1CC=C[C@@H](NC(=O)OCC2c3ccccc3-c3ccccc32)C1. The van der Waals surface area contributed by atoms with E-state index < -0.39 is 17.6 Å². The first-order chi connectivity index (χ1) is 16.7. The van der Waals surface area contributed by atoms with Crippen LogP contribution in [0.15, 0.2) is 60.7 Å². The highest BCUT2D eigenvalue weighted by molar-refractivity contribution is 5.80. The summed E-state index contributed by atoms with van der Waals surface area (Å²) >= 11 is 0. The van der Waals surface area contributed by atoms with Crippen LogP contribution < -0.4 is 10.6 Å². The Morgan fingerprint density at radius 1 is 1.03 bits per heavy atom. The van der Waals surface area contributed by atoms with E-state index in [1.807, 2.05) is 50.3 Å². The molecule has 0 aliphatic heterocycles. The Hall–Kier alpha value is -3.61. The van der Waals surface area contributed by atoms with E-state index >= 15 is 0 Å². The van der Waals surface area contributed by atoms with Gasteiger partial charge in [0.15, 0.2) is 0 Å². The number of allylic oxidation sites excluding steroid dienone is 1. The smallest absolute Gasteiger partial charge is 0.407 e. The second-order valence-corrected chi connectivity index (χ2v) is 9.94. The van der Waals surface area contributed by atoms with Gasteiger partial charge in [0.05, 0.1) is 6.04 Å². The lowest BCUT2D eigenvalue weighted by Gasteiger charge is -2.30. The van der Waals surface area contributed by atoms with Gasteiger partial charge in [0, 0.05) is 23.8 Å². The molecular formula is C28H32N2O5. The lowest BCUT2D eigenvalue weighted by molar-refractivity contribution is -0.138. The van der Waals surface area contributed by atoms with Crippen LogP contribution >= 0.6 is 0 Å². The van der Waals surface area contributed by atoms with Crippen molar-refractivity contribution in [3.05, 3.63) is 71.8 Å². The van der Waals surface area contributed by atoms with Crippen LogP contribution in [0.5, 0.6) is 0 Å². The van der Waals surface area contributed by atoms with Crippen molar-refractivity contribution in [1.29, 1.82) is 0 Å². The molecule has 7 nitrogen and oxygen atoms in total. The van der Waals surface area contributed by atoms with Crippen LogP contribution in [-0.2, 0) is 14.3 Å². The molecule has 2 aliphatic rings. The average molecular weight is 477 g/mol. The van der Waals surface area contributed by atoms with E-state index in [0.29, 0.717) is 19.3 Å². The first kappa shape index (κ1) is 24.5. The van der Waals surface area contributed by atoms with Gasteiger partial charge in [-0.3, -0.25) is 9.59 Å². The lowest BCUT2D eigenvalue weighted by Crippen LogP contribution is -2.48. The van der Waals surface area contributed by atoms with Crippen LogP contribution in [-0.4, -0.2) is 41.3 Å². The van der Waals surface area contributed by atoms with Crippen molar-refractivity contribution in [2.24, 2.45) is 5.92 Å². The van der Waals surface area contributed by atoms with Crippen LogP contribution in [0.4, 0.5) is 4.79 Å². The molecule has 2 atom stereocenters. The van der Waals surface area contributed by atoms with E-state index in [0.717, 1.165) is 11.1 Å². The Kier molecular flexibility index (Phi) is 7.24. The molecule has 2 amide bonds. The standard InChI is InChI=1S/C28H32N2O5/c1-28(2,15-14-25(31)32)30-26(33)18-8-7-9-19(16-18)29-27(34)35-17-24-22-12-5-3-10-20(22)21-11-4-6-13-23(21)24/h3-7,9-13,18-19,24H,8,14-17H2,1-2H3,(H,29,34)(H,30,33)(H,31,32)/t18-,19-/m1/s1. The summed E-state index contributed by atoms with van der Waals surface area (Å²) in [7, 11) is 0. The number of carboxylic acid groups (broad SMARTS) is 1. The zero-order chi connectivity index (χ0) is 25.0. The molecule has 0 bridgehead atoms. The first-order valence-corrected chi connectivity index (χ1v) is 12.1. The number of rotatable bonds is 8. The van der Waals surface area contributed by atoms with Crippen LogP contribution in [0, 0.1) is 5.92 Å². The zero-order valence-electron chi connectivity index (χ0n) is 20.1. The number of nitrogens with one attached hydrogen (secondary N) is 2. The second-order valence-electron chi connectivity index (χ2n) is 9.94. The highest BCUT2D eigenvalue weighted by atomic mass is 16.5. The number of carbonyl (C=O) groups is 3. The van der Waals surface area contributed by atoms with E-state index in [1.165, 1.54) is 11.1 Å². The molecule has 2 aromatic rings. The quantitative estimate of drug-likeness (QED) is 0.482. The van der Waals surface area contributed by atoms with Crippen LogP contribution in [0.25, 0.3) is 11.1 Å². The molecule has 3 N–H and O–H groups in total. The summed E-state index contributed by atoms with van der Waals surface area (Å²) < 4.78 is 5.63. The molecular weight excluding hydrogens is 444 g/mol. The van der Waals surface area contributed by atoms with E-state index in [2.05, 4.69) is 34.9 Å². The van der Waals surface area contributed by atoms with Gasteiger partial charge < -0.3 is 20.5 Å². The number of ether oxygens (including phenoxy) is 1. The third kappa shape index (κ3) is 5.91. The Morgan fingerprint density at radius 3 is 2.29 bits per heavy atom. The van der Waals surface area contributed by atoms with Crippen molar-refractivity contribution < 1.29 is 24.2 Å². The molecule has 35 heavy (non-hydrogen) atoms. The molecule has 4 rings (SSSR count). The van der Waals surface area contributed by atoms with Crippen molar-refractivity contribution >= 4 is 18.0 Å². The Bertz CT molecular complexity index is 1090. The summed E-state index contributed by atoms with van der Waals surface area (Å²) in [6, 6.07) is 16.1. The second kappa shape index (κ2) is 10.3. The predicted octanol–water partition coefficient (Wildman–Crippen LogP) is 4.62. The number of carboxylic acids is 1. The van der Waals surface area contributed by atoms with Crippen LogP contribution in [0.2, 0.25) is 0 Å². The number of alkyl carbamates (subject to hydrolysis) is 1. The molecule has 0 unspecified atom stereocenters. The fourth-order valence-electron chi connectivity index (χ4n) is 4.92. The van der Waals surface area contributed by atoms with Crippen molar-refractivity contribution in [1.82, 2.24) is 10.6 Å². The van der Waals surface area contributed by atoms with Gasteiger partial charge in [0.25, 0.3) is 0 Å². The van der Waals surface area contributed by atoms with Crippen molar-refractivity contribution in [2.75, 3.05) is 6.61 Å². The summed E-state index contributed by atoms with van der Waals surface area (Å²) in [6.45, 7) is 3.87. The van der Waals surface area contributed by atoms with Gasteiger partial charge in [-0.2, -0.15) is 0 Å². The molecule has 0 heterocycles.